The fourth-order valence-corrected chi connectivity index (χ4v) is 1.98. The molecule has 18 heavy (non-hydrogen) atoms. The quantitative estimate of drug-likeness (QED) is 0.854. The van der Waals surface area contributed by atoms with Crippen LogP contribution in [0.4, 0.5) is 8.78 Å². The van der Waals surface area contributed by atoms with Gasteiger partial charge in [-0.3, -0.25) is 0 Å². The summed E-state index contributed by atoms with van der Waals surface area (Å²) in [6.07, 6.45) is 0. The zero-order valence-corrected chi connectivity index (χ0v) is 11.8. The lowest BCUT2D eigenvalue weighted by Crippen LogP contribution is -2.41. The van der Waals surface area contributed by atoms with E-state index in [2.05, 4.69) is 20.7 Å². The first-order valence-electron chi connectivity index (χ1n) is 5.06. The van der Waals surface area contributed by atoms with Crippen LogP contribution in [-0.2, 0) is 9.53 Å². The lowest BCUT2D eigenvalue weighted by atomic mass is 10.0. The second kappa shape index (κ2) is 5.95. The third kappa shape index (κ3) is 3.18. The SMILES string of the molecule is CCOC(=O)C(F)(F)[C@H](N)c1cc(Cl)ccc1Br. The van der Waals surface area contributed by atoms with Crippen molar-refractivity contribution in [3.8, 4) is 0 Å². The first-order valence-corrected chi connectivity index (χ1v) is 6.23. The molecule has 0 unspecified atom stereocenters. The van der Waals surface area contributed by atoms with Crippen molar-refractivity contribution in [1.29, 1.82) is 0 Å². The number of rotatable bonds is 4. The van der Waals surface area contributed by atoms with E-state index >= 15 is 0 Å². The van der Waals surface area contributed by atoms with E-state index in [1.807, 2.05) is 0 Å². The number of carbonyl (C=O) groups excluding carboxylic acids is 1. The summed E-state index contributed by atoms with van der Waals surface area (Å²) in [4.78, 5) is 11.2. The molecule has 0 saturated carbocycles. The predicted molar refractivity (Wildman–Crippen MR) is 67.7 cm³/mol. The number of hydrogen-bond acceptors (Lipinski definition) is 3. The van der Waals surface area contributed by atoms with Crippen LogP contribution in [0.3, 0.4) is 0 Å². The molecule has 1 aromatic rings. The maximum atomic E-state index is 13.7. The van der Waals surface area contributed by atoms with Gasteiger partial charge in [0, 0.05) is 9.50 Å². The van der Waals surface area contributed by atoms with Gasteiger partial charge < -0.3 is 10.5 Å². The molecule has 1 atom stereocenters. The summed E-state index contributed by atoms with van der Waals surface area (Å²) in [6, 6.07) is 2.46. The minimum absolute atomic E-state index is 0.0422. The van der Waals surface area contributed by atoms with E-state index in [1.54, 1.807) is 0 Å². The molecular formula is C11H11BrClF2NO2. The van der Waals surface area contributed by atoms with Gasteiger partial charge in [0.05, 0.1) is 6.61 Å². The molecule has 3 nitrogen and oxygen atoms in total. The third-order valence-electron chi connectivity index (χ3n) is 2.23. The Hall–Kier alpha value is -0.720. The lowest BCUT2D eigenvalue weighted by molar-refractivity contribution is -0.174. The number of alkyl halides is 2. The summed E-state index contributed by atoms with van der Waals surface area (Å²) >= 11 is 8.80. The molecular weight excluding hydrogens is 331 g/mol. The van der Waals surface area contributed by atoms with Crippen molar-refractivity contribution in [1.82, 2.24) is 0 Å². The van der Waals surface area contributed by atoms with E-state index in [0.717, 1.165) is 0 Å². The highest BCUT2D eigenvalue weighted by Gasteiger charge is 2.48. The molecule has 2 N–H and O–H groups in total. The Labute approximate surface area is 116 Å². The van der Waals surface area contributed by atoms with Gasteiger partial charge in [0.25, 0.3) is 0 Å². The van der Waals surface area contributed by atoms with Gasteiger partial charge in [-0.1, -0.05) is 27.5 Å². The van der Waals surface area contributed by atoms with Crippen molar-refractivity contribution in [3.63, 3.8) is 0 Å². The number of ether oxygens (including phenoxy) is 1. The summed E-state index contributed by atoms with van der Waals surface area (Å²) < 4.78 is 32.1. The maximum absolute atomic E-state index is 13.7. The monoisotopic (exact) mass is 341 g/mol. The van der Waals surface area contributed by atoms with Gasteiger partial charge in [-0.05, 0) is 30.7 Å². The van der Waals surface area contributed by atoms with Gasteiger partial charge in [-0.2, -0.15) is 8.78 Å². The Morgan fingerprint density at radius 2 is 2.22 bits per heavy atom. The van der Waals surface area contributed by atoms with Crippen molar-refractivity contribution in [2.45, 2.75) is 18.9 Å². The lowest BCUT2D eigenvalue weighted by Gasteiger charge is -2.22. The van der Waals surface area contributed by atoms with Crippen LogP contribution in [0.15, 0.2) is 22.7 Å². The third-order valence-corrected chi connectivity index (χ3v) is 3.19. The van der Waals surface area contributed by atoms with E-state index in [4.69, 9.17) is 17.3 Å². The Kier molecular flexibility index (Phi) is 5.07. The molecule has 0 fully saturated rings. The van der Waals surface area contributed by atoms with E-state index in [-0.39, 0.29) is 17.2 Å². The average molecular weight is 343 g/mol. The topological polar surface area (TPSA) is 52.3 Å². The second-order valence-electron chi connectivity index (χ2n) is 3.49. The number of esters is 1. The Bertz CT molecular complexity index is 457. The molecule has 0 aliphatic rings. The molecule has 1 aromatic carbocycles. The minimum Gasteiger partial charge on any atom is -0.462 e. The van der Waals surface area contributed by atoms with Gasteiger partial charge in [0.2, 0.25) is 0 Å². The van der Waals surface area contributed by atoms with Crippen LogP contribution >= 0.6 is 27.5 Å². The first-order chi connectivity index (χ1) is 8.30. The van der Waals surface area contributed by atoms with Crippen LogP contribution in [-0.4, -0.2) is 18.5 Å². The molecule has 0 radical (unpaired) electrons. The standard InChI is InChI=1S/C11H11BrClF2NO2/c1-2-18-10(17)11(14,15)9(16)7-5-6(13)3-4-8(7)12/h3-5,9H,2,16H2,1H3/t9-/m1/s1. The largest absolute Gasteiger partial charge is 0.462 e. The summed E-state index contributed by atoms with van der Waals surface area (Å²) in [5.74, 6) is -5.46. The van der Waals surface area contributed by atoms with Crippen molar-refractivity contribution in [2.75, 3.05) is 6.61 Å². The van der Waals surface area contributed by atoms with Crippen LogP contribution < -0.4 is 5.73 Å². The summed E-state index contributed by atoms with van der Waals surface area (Å²) in [5.41, 5.74) is 5.48. The minimum atomic E-state index is -3.82. The molecule has 7 heteroatoms. The number of carbonyl (C=O) groups is 1. The molecule has 0 aliphatic carbocycles. The zero-order chi connectivity index (χ0) is 13.9. The molecule has 1 rings (SSSR count). The van der Waals surface area contributed by atoms with Crippen LogP contribution in [0.2, 0.25) is 5.02 Å². The van der Waals surface area contributed by atoms with E-state index in [0.29, 0.717) is 4.47 Å². The van der Waals surface area contributed by atoms with E-state index in [1.165, 1.54) is 25.1 Å². The zero-order valence-electron chi connectivity index (χ0n) is 9.42. The smallest absolute Gasteiger partial charge is 0.379 e. The van der Waals surface area contributed by atoms with Crippen LogP contribution in [0.5, 0.6) is 0 Å². The number of benzene rings is 1. The van der Waals surface area contributed by atoms with Crippen LogP contribution in [0, 0.1) is 0 Å². The van der Waals surface area contributed by atoms with E-state index in [9.17, 15) is 13.6 Å². The highest BCUT2D eigenvalue weighted by Crippen LogP contribution is 2.35. The van der Waals surface area contributed by atoms with Gasteiger partial charge >= 0.3 is 11.9 Å². The normalized spacial score (nSPS) is 13.2. The Morgan fingerprint density at radius 1 is 1.61 bits per heavy atom. The molecule has 0 aliphatic heterocycles. The average Bonchev–Trinajstić information content (AvgIpc) is 2.31. The molecule has 0 aromatic heterocycles. The van der Waals surface area contributed by atoms with Crippen molar-refractivity contribution < 1.29 is 18.3 Å². The fourth-order valence-electron chi connectivity index (χ4n) is 1.30. The number of hydrogen-bond donors (Lipinski definition) is 1. The molecule has 0 saturated heterocycles. The van der Waals surface area contributed by atoms with Gasteiger partial charge in [0.1, 0.15) is 6.04 Å². The predicted octanol–water partition coefficient (Wildman–Crippen LogP) is 3.30. The fraction of sp³-hybridized carbons (Fsp3) is 0.364. The van der Waals surface area contributed by atoms with Gasteiger partial charge in [-0.25, -0.2) is 4.79 Å². The first kappa shape index (κ1) is 15.3. The summed E-state index contributed by atoms with van der Waals surface area (Å²) in [5, 5.41) is 0.253. The highest BCUT2D eigenvalue weighted by atomic mass is 79.9. The van der Waals surface area contributed by atoms with Crippen LogP contribution in [0.25, 0.3) is 0 Å². The van der Waals surface area contributed by atoms with Crippen molar-refractivity contribution in [2.24, 2.45) is 5.73 Å². The highest BCUT2D eigenvalue weighted by molar-refractivity contribution is 9.10. The van der Waals surface area contributed by atoms with Gasteiger partial charge in [0.15, 0.2) is 0 Å². The molecule has 0 heterocycles. The number of halogens is 4. The molecule has 0 bridgehead atoms. The molecule has 0 spiro atoms. The molecule has 0 amide bonds. The number of nitrogens with two attached hydrogens (primary N) is 1. The Morgan fingerprint density at radius 3 is 2.78 bits per heavy atom. The summed E-state index contributed by atoms with van der Waals surface area (Å²) in [7, 11) is 0. The van der Waals surface area contributed by atoms with Crippen molar-refractivity contribution in [3.05, 3.63) is 33.3 Å². The van der Waals surface area contributed by atoms with Crippen LogP contribution in [0.1, 0.15) is 18.5 Å². The molecule has 100 valence electrons. The van der Waals surface area contributed by atoms with Gasteiger partial charge in [-0.15, -0.1) is 0 Å². The Balaban J connectivity index is 3.08. The second-order valence-corrected chi connectivity index (χ2v) is 4.78. The van der Waals surface area contributed by atoms with Crippen molar-refractivity contribution >= 4 is 33.5 Å². The summed E-state index contributed by atoms with van der Waals surface area (Å²) in [6.45, 7) is 1.30. The maximum Gasteiger partial charge on any atom is 0.379 e. The van der Waals surface area contributed by atoms with E-state index < -0.39 is 17.9 Å².